The smallest absolute Gasteiger partial charge is 0.349 e. The fourth-order valence-electron chi connectivity index (χ4n) is 3.74. The lowest BCUT2D eigenvalue weighted by Gasteiger charge is -2.08. The van der Waals surface area contributed by atoms with Gasteiger partial charge in [-0.25, -0.2) is 4.39 Å². The fraction of sp³-hybridized carbons (Fsp3) is 0.333. The summed E-state index contributed by atoms with van der Waals surface area (Å²) in [6.45, 7) is 2.04. The summed E-state index contributed by atoms with van der Waals surface area (Å²) in [6.07, 6.45) is -7.87. The van der Waals surface area contributed by atoms with Crippen LogP contribution >= 0.6 is 0 Å². The van der Waals surface area contributed by atoms with Gasteiger partial charge in [-0.2, -0.15) is 36.3 Å². The highest BCUT2D eigenvalue weighted by Gasteiger charge is 2.45. The van der Waals surface area contributed by atoms with E-state index in [0.29, 0.717) is 17.0 Å². The summed E-state index contributed by atoms with van der Waals surface area (Å²) in [6, 6.07) is 11.6. The molecule has 17 heteroatoms. The summed E-state index contributed by atoms with van der Waals surface area (Å²) in [4.78, 5) is 30.2. The van der Waals surface area contributed by atoms with Crippen molar-refractivity contribution < 1.29 is 49.4 Å². The number of nitrogens with one attached hydrogen (secondary N) is 2. The van der Waals surface area contributed by atoms with Gasteiger partial charge in [0.05, 0.1) is 0 Å². The molecule has 2 aliphatic rings. The first-order chi connectivity index (χ1) is 20.6. The topological polar surface area (TPSA) is 136 Å². The minimum Gasteiger partial charge on any atom is -0.349 e. The van der Waals surface area contributed by atoms with Crippen LogP contribution in [0.25, 0.3) is 22.8 Å². The van der Waals surface area contributed by atoms with Crippen LogP contribution in [0.3, 0.4) is 0 Å². The first-order valence-electron chi connectivity index (χ1n) is 13.0. The van der Waals surface area contributed by atoms with E-state index in [1.54, 1.807) is 0 Å². The number of amides is 2. The summed E-state index contributed by atoms with van der Waals surface area (Å²) in [5.74, 6) is -5.20. The predicted octanol–water partition coefficient (Wildman–Crippen LogP) is 5.84. The predicted molar refractivity (Wildman–Crippen MR) is 135 cm³/mol. The van der Waals surface area contributed by atoms with Gasteiger partial charge in [0, 0.05) is 41.1 Å². The summed E-state index contributed by atoms with van der Waals surface area (Å²) >= 11 is 0. The molecule has 2 N–H and O–H groups in total. The lowest BCUT2D eigenvalue weighted by atomic mass is 10.1. The van der Waals surface area contributed by atoms with Crippen LogP contribution in [0.1, 0.15) is 58.7 Å². The standard InChI is InChI=1S/C14H12F3N3O2.C13H9F4N3O2/c1-7-6-10(7)18-12(21)9-4-2-8(3-5-9)11-19-13(22-20-11)14(15,16)17;14-12(5-6-12)19-10(21)8-3-1-7(2-4-8)9-18-11(22-20-9)13(15,16)17/h2-5,7,10H,6H2,1H3,(H,18,21);1-4H,5-6H2,(H,19,21). The molecular formula is C27H21F7N6O4. The zero-order valence-corrected chi connectivity index (χ0v) is 22.5. The van der Waals surface area contributed by atoms with Crippen molar-refractivity contribution in [2.24, 2.45) is 5.92 Å². The zero-order valence-electron chi connectivity index (χ0n) is 22.5. The molecule has 2 aliphatic carbocycles. The highest BCUT2D eigenvalue weighted by atomic mass is 19.4. The van der Waals surface area contributed by atoms with Crippen molar-refractivity contribution in [1.29, 1.82) is 0 Å². The molecule has 0 bridgehead atoms. The summed E-state index contributed by atoms with van der Waals surface area (Å²) in [5, 5.41) is 11.6. The molecule has 0 spiro atoms. The van der Waals surface area contributed by atoms with Crippen LogP contribution in [-0.4, -0.2) is 43.9 Å². The maximum atomic E-state index is 13.4. The number of benzene rings is 2. The number of aromatic nitrogens is 4. The van der Waals surface area contributed by atoms with Crippen molar-refractivity contribution in [2.75, 3.05) is 0 Å². The molecule has 2 saturated carbocycles. The van der Waals surface area contributed by atoms with Crippen molar-refractivity contribution in [2.45, 2.75) is 50.4 Å². The molecule has 4 aromatic rings. The molecule has 2 amide bonds. The molecule has 10 nitrogen and oxygen atoms in total. The van der Waals surface area contributed by atoms with E-state index >= 15 is 0 Å². The number of hydrogen-bond donors (Lipinski definition) is 2. The van der Waals surface area contributed by atoms with E-state index in [4.69, 9.17) is 0 Å². The molecule has 0 saturated heterocycles. The lowest BCUT2D eigenvalue weighted by Crippen LogP contribution is -2.33. The Hall–Kier alpha value is -4.83. The van der Waals surface area contributed by atoms with Crippen LogP contribution in [0.15, 0.2) is 57.6 Å². The maximum Gasteiger partial charge on any atom is 0.471 e. The van der Waals surface area contributed by atoms with Gasteiger partial charge >= 0.3 is 24.1 Å². The Bertz CT molecular complexity index is 1640. The Morgan fingerprint density at radius 1 is 0.773 bits per heavy atom. The zero-order chi connectivity index (χ0) is 31.9. The van der Waals surface area contributed by atoms with Crippen LogP contribution < -0.4 is 10.6 Å². The number of carbonyl (C=O) groups is 2. The number of nitrogens with zero attached hydrogens (tertiary/aromatic N) is 4. The molecule has 44 heavy (non-hydrogen) atoms. The molecule has 0 radical (unpaired) electrons. The van der Waals surface area contributed by atoms with Crippen LogP contribution in [-0.2, 0) is 12.4 Å². The van der Waals surface area contributed by atoms with E-state index in [9.17, 15) is 40.3 Å². The Morgan fingerprint density at radius 2 is 1.18 bits per heavy atom. The molecule has 2 fully saturated rings. The van der Waals surface area contributed by atoms with Crippen molar-refractivity contribution >= 4 is 11.8 Å². The molecule has 2 aromatic heterocycles. The Morgan fingerprint density at radius 3 is 1.52 bits per heavy atom. The second-order valence-electron chi connectivity index (χ2n) is 10.2. The van der Waals surface area contributed by atoms with Gasteiger partial charge in [0.2, 0.25) is 11.6 Å². The number of rotatable bonds is 6. The second-order valence-corrected chi connectivity index (χ2v) is 10.2. The van der Waals surface area contributed by atoms with Crippen molar-refractivity contribution in [3.05, 3.63) is 71.4 Å². The van der Waals surface area contributed by atoms with E-state index in [1.165, 1.54) is 48.5 Å². The Balaban J connectivity index is 0.000000175. The Kier molecular flexibility index (Phi) is 7.90. The summed E-state index contributed by atoms with van der Waals surface area (Å²) < 4.78 is 96.0. The van der Waals surface area contributed by atoms with E-state index in [2.05, 4.69) is 40.0 Å². The van der Waals surface area contributed by atoms with Gasteiger partial charge in [0.15, 0.2) is 5.79 Å². The Labute approximate surface area is 243 Å². The molecular weight excluding hydrogens is 605 g/mol. The van der Waals surface area contributed by atoms with Gasteiger partial charge in [-0.05, 0) is 36.6 Å². The summed E-state index contributed by atoms with van der Waals surface area (Å²) in [7, 11) is 0. The molecule has 2 unspecified atom stereocenters. The molecule has 2 aromatic carbocycles. The third-order valence-electron chi connectivity index (χ3n) is 6.60. The molecule has 2 heterocycles. The highest BCUT2D eigenvalue weighted by molar-refractivity contribution is 5.95. The SMILES string of the molecule is CC1CC1NC(=O)c1ccc(-c2noc(C(F)(F)F)n2)cc1.O=C(NC1(F)CC1)c1ccc(-c2noc(C(F)(F)F)n2)cc1. The highest BCUT2D eigenvalue weighted by Crippen LogP contribution is 2.37. The van der Waals surface area contributed by atoms with Crippen molar-refractivity contribution in [3.8, 4) is 22.8 Å². The van der Waals surface area contributed by atoms with E-state index in [0.717, 1.165) is 6.42 Å². The third kappa shape index (κ3) is 7.38. The minimum absolute atomic E-state index is 0.171. The van der Waals surface area contributed by atoms with Gasteiger partial charge in [0.1, 0.15) is 0 Å². The molecule has 6 rings (SSSR count). The molecule has 0 aliphatic heterocycles. The van der Waals surface area contributed by atoms with Crippen molar-refractivity contribution in [3.63, 3.8) is 0 Å². The average molecular weight is 626 g/mol. The largest absolute Gasteiger partial charge is 0.471 e. The van der Waals surface area contributed by atoms with Crippen LogP contribution in [0.2, 0.25) is 0 Å². The van der Waals surface area contributed by atoms with Gasteiger partial charge in [-0.1, -0.05) is 41.5 Å². The van der Waals surface area contributed by atoms with Crippen LogP contribution in [0.4, 0.5) is 30.7 Å². The van der Waals surface area contributed by atoms with Gasteiger partial charge in [0.25, 0.3) is 11.8 Å². The van der Waals surface area contributed by atoms with Crippen LogP contribution in [0, 0.1) is 5.92 Å². The first-order valence-corrected chi connectivity index (χ1v) is 13.0. The third-order valence-corrected chi connectivity index (χ3v) is 6.60. The number of alkyl halides is 7. The number of hydrogen-bond acceptors (Lipinski definition) is 8. The fourth-order valence-corrected chi connectivity index (χ4v) is 3.74. The molecule has 232 valence electrons. The monoisotopic (exact) mass is 626 g/mol. The maximum absolute atomic E-state index is 13.4. The lowest BCUT2D eigenvalue weighted by molar-refractivity contribution is -0.160. The second kappa shape index (κ2) is 11.3. The van der Waals surface area contributed by atoms with Crippen LogP contribution in [0.5, 0.6) is 0 Å². The minimum atomic E-state index is -4.72. The van der Waals surface area contributed by atoms with Crippen molar-refractivity contribution in [1.82, 2.24) is 30.9 Å². The summed E-state index contributed by atoms with van der Waals surface area (Å²) in [5.41, 5.74) is 1.21. The first kappa shape index (κ1) is 30.6. The number of halogens is 7. The quantitative estimate of drug-likeness (QED) is 0.201. The number of carbonyl (C=O) groups excluding carboxylic acids is 2. The normalized spacial score (nSPS) is 18.5. The van der Waals surface area contributed by atoms with Gasteiger partial charge < -0.3 is 19.7 Å². The average Bonchev–Trinajstić information content (AvgIpc) is 3.65. The van der Waals surface area contributed by atoms with E-state index in [1.807, 2.05) is 6.92 Å². The van der Waals surface area contributed by atoms with E-state index < -0.39 is 35.8 Å². The van der Waals surface area contributed by atoms with Gasteiger partial charge in [-0.15, -0.1) is 0 Å². The molecule has 2 atom stereocenters. The van der Waals surface area contributed by atoms with E-state index in [-0.39, 0.29) is 47.6 Å². The van der Waals surface area contributed by atoms with Gasteiger partial charge in [-0.3, -0.25) is 9.59 Å².